The fourth-order valence-electron chi connectivity index (χ4n) is 3.81. The minimum Gasteiger partial charge on any atom is -0.374 e. The number of halogens is 1. The molecule has 0 saturated heterocycles. The molecule has 0 saturated carbocycles. The minimum atomic E-state index is -0.963. The number of aromatic nitrogens is 4. The van der Waals surface area contributed by atoms with E-state index in [-0.39, 0.29) is 0 Å². The highest BCUT2D eigenvalue weighted by atomic mass is 19.1. The lowest BCUT2D eigenvalue weighted by Crippen LogP contribution is -2.32. The first-order chi connectivity index (χ1) is 16.3. The van der Waals surface area contributed by atoms with Gasteiger partial charge in [0.25, 0.3) is 0 Å². The summed E-state index contributed by atoms with van der Waals surface area (Å²) < 4.78 is 16.3. The smallest absolute Gasteiger partial charge is 0.131 e. The molecule has 0 spiro atoms. The number of nitrogens with zero attached hydrogens (tertiary/aromatic N) is 5. The maximum absolute atomic E-state index is 14.5. The van der Waals surface area contributed by atoms with Gasteiger partial charge in [-0.25, -0.2) is 9.37 Å². The first-order valence-corrected chi connectivity index (χ1v) is 11.3. The van der Waals surface area contributed by atoms with E-state index in [1.165, 1.54) is 12.1 Å². The number of anilines is 2. The summed E-state index contributed by atoms with van der Waals surface area (Å²) in [5, 5.41) is 20.6. The van der Waals surface area contributed by atoms with E-state index < -0.39 is 12.0 Å². The predicted molar refractivity (Wildman–Crippen MR) is 132 cm³/mol. The van der Waals surface area contributed by atoms with Crippen molar-refractivity contribution in [1.82, 2.24) is 30.4 Å². The molecule has 34 heavy (non-hydrogen) atoms. The quantitative estimate of drug-likeness (QED) is 0.327. The van der Waals surface area contributed by atoms with E-state index in [2.05, 4.69) is 34.6 Å². The van der Waals surface area contributed by atoms with Gasteiger partial charge in [-0.05, 0) is 43.4 Å². The molecule has 0 aliphatic heterocycles. The first kappa shape index (κ1) is 23.7. The molecule has 2 heterocycles. The van der Waals surface area contributed by atoms with Gasteiger partial charge in [0, 0.05) is 54.9 Å². The van der Waals surface area contributed by atoms with Crippen LogP contribution in [-0.2, 0) is 7.05 Å². The summed E-state index contributed by atoms with van der Waals surface area (Å²) in [5.41, 5.74) is 5.07. The Hall–Kier alpha value is -3.40. The molecular weight excluding hydrogens is 433 g/mol. The monoisotopic (exact) mass is 463 g/mol. The molecule has 2 aromatic heterocycles. The highest BCUT2D eigenvalue weighted by Gasteiger charge is 2.16. The Balaban J connectivity index is 1.76. The van der Waals surface area contributed by atoms with Crippen LogP contribution in [0.5, 0.6) is 0 Å². The molecule has 0 bridgehead atoms. The molecule has 0 radical (unpaired) electrons. The van der Waals surface area contributed by atoms with Gasteiger partial charge in [0.1, 0.15) is 12.0 Å². The Morgan fingerprint density at radius 2 is 1.91 bits per heavy atom. The molecule has 178 valence electrons. The van der Waals surface area contributed by atoms with E-state index in [9.17, 15) is 9.50 Å². The Morgan fingerprint density at radius 1 is 1.09 bits per heavy atom. The number of rotatable bonds is 9. The Bertz CT molecular complexity index is 1270. The van der Waals surface area contributed by atoms with Crippen LogP contribution in [0.2, 0.25) is 0 Å². The van der Waals surface area contributed by atoms with Crippen molar-refractivity contribution in [2.24, 2.45) is 7.05 Å². The molecule has 4 aromatic rings. The highest BCUT2D eigenvalue weighted by Crippen LogP contribution is 2.30. The number of benzene rings is 2. The van der Waals surface area contributed by atoms with Crippen molar-refractivity contribution in [3.05, 3.63) is 66.4 Å². The lowest BCUT2D eigenvalue weighted by atomic mass is 10.1. The van der Waals surface area contributed by atoms with Crippen molar-refractivity contribution in [1.29, 1.82) is 0 Å². The average Bonchev–Trinajstić information content (AvgIpc) is 3.26. The number of aliphatic hydroxyl groups is 1. The molecule has 9 heteroatoms. The van der Waals surface area contributed by atoms with Crippen LogP contribution in [0, 0.1) is 5.82 Å². The summed E-state index contributed by atoms with van der Waals surface area (Å²) in [5.74, 6) is -0.414. The maximum atomic E-state index is 14.5. The molecular formula is C25H30FN7O. The number of aryl methyl sites for hydroxylation is 1. The van der Waals surface area contributed by atoms with Crippen molar-refractivity contribution in [3.63, 3.8) is 0 Å². The normalized spacial score (nSPS) is 12.4. The lowest BCUT2D eigenvalue weighted by Gasteiger charge is -2.27. The standard InChI is InChI=1S/C25H30FN7O/c1-16(2)28-7-8-33(21-10-17(25(34)27-3)9-19(26)11-21)20-5-6-22-23(12-20)31-24(14-29-22)18-13-30-32(4)15-18/h5-6,9-16,25,27-28,34H,7-8H2,1-4H3. The van der Waals surface area contributed by atoms with Crippen LogP contribution >= 0.6 is 0 Å². The number of nitrogens with one attached hydrogen (secondary N) is 2. The van der Waals surface area contributed by atoms with E-state index in [4.69, 9.17) is 4.98 Å². The van der Waals surface area contributed by atoms with Crippen molar-refractivity contribution in [3.8, 4) is 11.3 Å². The van der Waals surface area contributed by atoms with Crippen molar-refractivity contribution < 1.29 is 9.50 Å². The second-order valence-electron chi connectivity index (χ2n) is 8.53. The summed E-state index contributed by atoms with van der Waals surface area (Å²) in [4.78, 5) is 11.4. The van der Waals surface area contributed by atoms with Crippen LogP contribution in [0.3, 0.4) is 0 Å². The summed E-state index contributed by atoms with van der Waals surface area (Å²) >= 11 is 0. The number of fused-ring (bicyclic) bond motifs is 1. The molecule has 1 atom stereocenters. The molecule has 1 unspecified atom stereocenters. The van der Waals surface area contributed by atoms with Crippen LogP contribution in [0.15, 0.2) is 55.0 Å². The summed E-state index contributed by atoms with van der Waals surface area (Å²) in [6.45, 7) is 5.45. The second-order valence-corrected chi connectivity index (χ2v) is 8.53. The van der Waals surface area contributed by atoms with E-state index in [0.29, 0.717) is 30.4 Å². The zero-order valence-corrected chi connectivity index (χ0v) is 19.8. The highest BCUT2D eigenvalue weighted by molar-refractivity contribution is 5.82. The third-order valence-electron chi connectivity index (χ3n) is 5.53. The van der Waals surface area contributed by atoms with Gasteiger partial charge in [-0.3, -0.25) is 15.0 Å². The Morgan fingerprint density at radius 3 is 2.62 bits per heavy atom. The zero-order chi connectivity index (χ0) is 24.2. The topological polar surface area (TPSA) is 91.1 Å². The Labute approximate surface area is 198 Å². The molecule has 0 aliphatic rings. The first-order valence-electron chi connectivity index (χ1n) is 11.3. The second kappa shape index (κ2) is 10.3. The van der Waals surface area contributed by atoms with Gasteiger partial charge in [0.15, 0.2) is 0 Å². The van der Waals surface area contributed by atoms with Crippen molar-refractivity contribution in [2.45, 2.75) is 26.1 Å². The van der Waals surface area contributed by atoms with E-state index in [1.807, 2.05) is 36.3 Å². The zero-order valence-electron chi connectivity index (χ0n) is 19.8. The largest absolute Gasteiger partial charge is 0.374 e. The lowest BCUT2D eigenvalue weighted by molar-refractivity contribution is 0.149. The van der Waals surface area contributed by atoms with E-state index >= 15 is 0 Å². The molecule has 0 aliphatic carbocycles. The van der Waals surface area contributed by atoms with Gasteiger partial charge in [-0.2, -0.15) is 5.10 Å². The fourth-order valence-corrected chi connectivity index (χ4v) is 3.81. The van der Waals surface area contributed by atoms with Gasteiger partial charge < -0.3 is 15.3 Å². The van der Waals surface area contributed by atoms with Crippen molar-refractivity contribution in [2.75, 3.05) is 25.0 Å². The van der Waals surface area contributed by atoms with Crippen LogP contribution in [0.25, 0.3) is 22.3 Å². The Kier molecular flexibility index (Phi) is 7.16. The van der Waals surface area contributed by atoms with Crippen LogP contribution in [-0.4, -0.2) is 51.0 Å². The van der Waals surface area contributed by atoms with E-state index in [0.717, 1.165) is 28.0 Å². The molecule has 0 amide bonds. The molecule has 4 rings (SSSR count). The minimum absolute atomic E-state index is 0.320. The number of aliphatic hydroxyl groups excluding tert-OH is 1. The summed E-state index contributed by atoms with van der Waals surface area (Å²) in [6.07, 6.45) is 4.42. The maximum Gasteiger partial charge on any atom is 0.131 e. The van der Waals surface area contributed by atoms with Gasteiger partial charge in [0.2, 0.25) is 0 Å². The SMILES string of the molecule is CNC(O)c1cc(F)cc(N(CCNC(C)C)c2ccc3ncc(-c4cnn(C)c4)nc3c2)c1. The summed E-state index contributed by atoms with van der Waals surface area (Å²) in [7, 11) is 3.48. The summed E-state index contributed by atoms with van der Waals surface area (Å²) in [6, 6.07) is 10.7. The predicted octanol–water partition coefficient (Wildman–Crippen LogP) is 3.52. The number of hydrogen-bond donors (Lipinski definition) is 3. The van der Waals surface area contributed by atoms with Gasteiger partial charge >= 0.3 is 0 Å². The van der Waals surface area contributed by atoms with Gasteiger partial charge in [-0.1, -0.05) is 13.8 Å². The molecule has 8 nitrogen and oxygen atoms in total. The van der Waals surface area contributed by atoms with Crippen LogP contribution in [0.1, 0.15) is 25.6 Å². The van der Waals surface area contributed by atoms with Crippen molar-refractivity contribution >= 4 is 22.4 Å². The fraction of sp³-hybridized carbons (Fsp3) is 0.320. The molecule has 0 fully saturated rings. The van der Waals surface area contributed by atoms with Gasteiger partial charge in [-0.15, -0.1) is 0 Å². The average molecular weight is 464 g/mol. The third kappa shape index (κ3) is 5.39. The van der Waals surface area contributed by atoms with Crippen LogP contribution < -0.4 is 15.5 Å². The molecule has 2 aromatic carbocycles. The molecule has 3 N–H and O–H groups in total. The van der Waals surface area contributed by atoms with Crippen LogP contribution in [0.4, 0.5) is 15.8 Å². The number of hydrogen-bond acceptors (Lipinski definition) is 7. The van der Waals surface area contributed by atoms with Gasteiger partial charge in [0.05, 0.1) is 29.1 Å². The van der Waals surface area contributed by atoms with E-state index in [1.54, 1.807) is 30.2 Å². The third-order valence-corrected chi connectivity index (χ3v) is 5.53.